The molecular weight excluding hydrogens is 352 g/mol. The lowest BCUT2D eigenvalue weighted by molar-refractivity contribution is -0.00521. The minimum absolute atomic E-state index is 0.0583. The van der Waals surface area contributed by atoms with Crippen LogP contribution in [-0.4, -0.2) is 40.9 Å². The van der Waals surface area contributed by atoms with Gasteiger partial charge in [0.25, 0.3) is 5.91 Å². The zero-order valence-electron chi connectivity index (χ0n) is 14.3. The number of anilines is 1. The molecule has 1 aromatic heterocycles. The summed E-state index contributed by atoms with van der Waals surface area (Å²) in [6, 6.07) is 8.43. The molecule has 0 radical (unpaired) electrons. The van der Waals surface area contributed by atoms with Gasteiger partial charge in [-0.3, -0.25) is 9.89 Å². The number of nitrogens with one attached hydrogen (secondary N) is 3. The number of morpholine rings is 1. The van der Waals surface area contributed by atoms with E-state index in [1.54, 1.807) is 0 Å². The third-order valence-electron chi connectivity index (χ3n) is 5.59. The Morgan fingerprint density at radius 3 is 2.77 bits per heavy atom. The molecule has 0 spiro atoms. The number of H-pyrrole nitrogens is 1. The fourth-order valence-electron chi connectivity index (χ4n) is 4.02. The van der Waals surface area contributed by atoms with E-state index < -0.39 is 0 Å². The molecule has 3 N–H and O–H groups in total. The highest BCUT2D eigenvalue weighted by Crippen LogP contribution is 2.42. The minimum Gasteiger partial charge on any atom is -0.372 e. The van der Waals surface area contributed by atoms with Crippen LogP contribution in [0.25, 0.3) is 0 Å². The summed E-state index contributed by atoms with van der Waals surface area (Å²) in [5, 5.41) is 13.8. The third kappa shape index (κ3) is 2.92. The first-order valence-electron chi connectivity index (χ1n) is 9.13. The van der Waals surface area contributed by atoms with Gasteiger partial charge in [0.2, 0.25) is 0 Å². The molecule has 6 nitrogen and oxygen atoms in total. The van der Waals surface area contributed by atoms with E-state index in [9.17, 15) is 4.79 Å². The molecule has 2 atom stereocenters. The van der Waals surface area contributed by atoms with Gasteiger partial charge in [-0.25, -0.2) is 0 Å². The Hall–Kier alpha value is -1.89. The van der Waals surface area contributed by atoms with E-state index in [1.165, 1.54) is 5.56 Å². The average Bonchev–Trinajstić information content (AvgIpc) is 3.12. The van der Waals surface area contributed by atoms with Crippen molar-refractivity contribution in [2.45, 2.75) is 43.2 Å². The van der Waals surface area contributed by atoms with Crippen molar-refractivity contribution in [3.05, 3.63) is 46.2 Å². The highest BCUT2D eigenvalue weighted by molar-refractivity contribution is 6.34. The highest BCUT2D eigenvalue weighted by Gasteiger charge is 2.45. The number of halogens is 1. The summed E-state index contributed by atoms with van der Waals surface area (Å²) in [6.45, 7) is 1.72. The molecular formula is C19H21ClN4O2. The molecule has 2 aliphatic heterocycles. The van der Waals surface area contributed by atoms with Crippen molar-refractivity contribution in [2.75, 3.05) is 18.5 Å². The fraction of sp³-hybridized carbons (Fsp3) is 0.474. The van der Waals surface area contributed by atoms with Gasteiger partial charge >= 0.3 is 0 Å². The van der Waals surface area contributed by atoms with Gasteiger partial charge in [0.15, 0.2) is 5.69 Å². The number of hydrogen-bond acceptors (Lipinski definition) is 4. The van der Waals surface area contributed by atoms with Gasteiger partial charge in [-0.1, -0.05) is 23.7 Å². The van der Waals surface area contributed by atoms with Crippen LogP contribution < -0.4 is 10.6 Å². The lowest BCUT2D eigenvalue weighted by atomic mass is 9.93. The average molecular weight is 373 g/mol. The Balaban J connectivity index is 1.25. The van der Waals surface area contributed by atoms with Crippen molar-refractivity contribution >= 4 is 23.2 Å². The first-order valence-corrected chi connectivity index (χ1v) is 9.51. The van der Waals surface area contributed by atoms with E-state index in [1.807, 2.05) is 24.3 Å². The lowest BCUT2D eigenvalue weighted by Gasteiger charge is -2.26. The van der Waals surface area contributed by atoms with Crippen LogP contribution in [0, 0.1) is 0 Å². The SMILES string of the molecule is O=C(Nc1ccc(CC23CNC(CO2)C3)cc1)c1n[nH]c(C2CC2)c1Cl. The molecule has 1 aromatic carbocycles. The van der Waals surface area contributed by atoms with E-state index in [0.717, 1.165) is 50.2 Å². The van der Waals surface area contributed by atoms with Gasteiger partial charge < -0.3 is 15.4 Å². The highest BCUT2D eigenvalue weighted by atomic mass is 35.5. The number of amides is 1. The number of fused-ring (bicyclic) bond motifs is 2. The number of aromatic amines is 1. The molecule has 1 aliphatic carbocycles. The Bertz CT molecular complexity index is 836. The van der Waals surface area contributed by atoms with E-state index in [2.05, 4.69) is 20.8 Å². The van der Waals surface area contributed by atoms with Crippen molar-refractivity contribution in [3.8, 4) is 0 Å². The van der Waals surface area contributed by atoms with Crippen molar-refractivity contribution < 1.29 is 9.53 Å². The standard InChI is InChI=1S/C19H21ClN4O2/c20-15-16(12-3-4-12)23-24-17(15)18(25)22-13-5-1-11(2-6-13)7-19-8-14(9-26-19)21-10-19/h1-2,5-6,12,14,21H,3-4,7-10H2,(H,22,25)(H,23,24). The predicted molar refractivity (Wildman–Crippen MR) is 98.8 cm³/mol. The summed E-state index contributed by atoms with van der Waals surface area (Å²) >= 11 is 6.30. The van der Waals surface area contributed by atoms with Crippen LogP contribution in [0.15, 0.2) is 24.3 Å². The molecule has 26 heavy (non-hydrogen) atoms. The number of rotatable bonds is 5. The predicted octanol–water partition coefficient (Wildman–Crippen LogP) is 2.87. The molecule has 1 saturated carbocycles. The lowest BCUT2D eigenvalue weighted by Crippen LogP contribution is -2.40. The summed E-state index contributed by atoms with van der Waals surface area (Å²) in [7, 11) is 0. The summed E-state index contributed by atoms with van der Waals surface area (Å²) in [6.07, 6.45) is 4.17. The second-order valence-electron chi connectivity index (χ2n) is 7.68. The topological polar surface area (TPSA) is 79.0 Å². The molecule has 2 bridgehead atoms. The minimum atomic E-state index is -0.286. The van der Waals surface area contributed by atoms with Crippen molar-refractivity contribution in [2.24, 2.45) is 0 Å². The maximum atomic E-state index is 12.5. The molecule has 3 fully saturated rings. The fourth-order valence-corrected chi connectivity index (χ4v) is 4.34. The van der Waals surface area contributed by atoms with E-state index in [4.69, 9.17) is 16.3 Å². The largest absolute Gasteiger partial charge is 0.372 e. The Kier molecular flexibility index (Phi) is 3.81. The maximum absolute atomic E-state index is 12.5. The van der Waals surface area contributed by atoms with E-state index >= 15 is 0 Å². The summed E-state index contributed by atoms with van der Waals surface area (Å²) in [5.41, 5.74) is 3.03. The summed E-state index contributed by atoms with van der Waals surface area (Å²) < 4.78 is 5.98. The number of aromatic nitrogens is 2. The molecule has 2 saturated heterocycles. The van der Waals surface area contributed by atoms with Gasteiger partial charge in [-0.15, -0.1) is 0 Å². The van der Waals surface area contributed by atoms with Crippen LogP contribution >= 0.6 is 11.6 Å². The number of nitrogens with zero attached hydrogens (tertiary/aromatic N) is 1. The quantitative estimate of drug-likeness (QED) is 0.754. The molecule has 7 heteroatoms. The van der Waals surface area contributed by atoms with Crippen LogP contribution in [0.2, 0.25) is 5.02 Å². The smallest absolute Gasteiger partial charge is 0.277 e. The second-order valence-corrected chi connectivity index (χ2v) is 8.06. The van der Waals surface area contributed by atoms with Gasteiger partial charge in [-0.2, -0.15) is 5.10 Å². The van der Waals surface area contributed by atoms with Crippen molar-refractivity contribution in [3.63, 3.8) is 0 Å². The zero-order valence-corrected chi connectivity index (χ0v) is 15.1. The Morgan fingerprint density at radius 2 is 2.15 bits per heavy atom. The van der Waals surface area contributed by atoms with Crippen LogP contribution in [0.4, 0.5) is 5.69 Å². The van der Waals surface area contributed by atoms with E-state index in [-0.39, 0.29) is 17.2 Å². The summed E-state index contributed by atoms with van der Waals surface area (Å²) in [5.74, 6) is 0.143. The number of benzene rings is 1. The molecule has 5 rings (SSSR count). The van der Waals surface area contributed by atoms with Gasteiger partial charge in [0.1, 0.15) is 0 Å². The molecule has 3 heterocycles. The monoisotopic (exact) mass is 372 g/mol. The van der Waals surface area contributed by atoms with Crippen LogP contribution in [0.3, 0.4) is 0 Å². The second kappa shape index (κ2) is 6.08. The molecule has 2 unspecified atom stereocenters. The Labute approximate surface area is 156 Å². The van der Waals surface area contributed by atoms with Crippen molar-refractivity contribution in [1.29, 1.82) is 0 Å². The molecule has 2 aromatic rings. The normalized spacial score (nSPS) is 27.0. The number of hydrogen-bond donors (Lipinski definition) is 3. The van der Waals surface area contributed by atoms with Crippen LogP contribution in [0.1, 0.15) is 46.9 Å². The Morgan fingerprint density at radius 1 is 1.35 bits per heavy atom. The number of carbonyl (C=O) groups is 1. The van der Waals surface area contributed by atoms with Gasteiger partial charge in [0, 0.05) is 30.6 Å². The number of ether oxygens (including phenoxy) is 1. The summed E-state index contributed by atoms with van der Waals surface area (Å²) in [4.78, 5) is 12.5. The molecule has 3 aliphatic rings. The third-order valence-corrected chi connectivity index (χ3v) is 5.98. The zero-order chi connectivity index (χ0) is 17.7. The first-order chi connectivity index (χ1) is 12.6. The van der Waals surface area contributed by atoms with Gasteiger partial charge in [-0.05, 0) is 37.0 Å². The van der Waals surface area contributed by atoms with Gasteiger partial charge in [0.05, 0.1) is 22.9 Å². The number of carbonyl (C=O) groups excluding carboxylic acids is 1. The van der Waals surface area contributed by atoms with E-state index in [0.29, 0.717) is 17.0 Å². The maximum Gasteiger partial charge on any atom is 0.277 e. The molecule has 1 amide bonds. The van der Waals surface area contributed by atoms with Crippen LogP contribution in [0.5, 0.6) is 0 Å². The van der Waals surface area contributed by atoms with Crippen molar-refractivity contribution in [1.82, 2.24) is 15.5 Å². The first kappa shape index (κ1) is 16.3. The van der Waals surface area contributed by atoms with Crippen LogP contribution in [-0.2, 0) is 11.2 Å². The molecule has 136 valence electrons.